The van der Waals surface area contributed by atoms with Crippen LogP contribution in [-0.2, 0) is 9.53 Å². The summed E-state index contributed by atoms with van der Waals surface area (Å²) in [5.41, 5.74) is 4.89. The van der Waals surface area contributed by atoms with Crippen LogP contribution in [-0.4, -0.2) is 27.9 Å². The van der Waals surface area contributed by atoms with Crippen molar-refractivity contribution < 1.29 is 18.7 Å². The Kier molecular flexibility index (Phi) is 7.61. The number of fused-ring (bicyclic) bond motifs is 1. The highest BCUT2D eigenvalue weighted by molar-refractivity contribution is 6.31. The fraction of sp³-hybridized carbons (Fsp3) is 0.0968. The second kappa shape index (κ2) is 11.4. The van der Waals surface area contributed by atoms with Crippen LogP contribution in [0.1, 0.15) is 23.7 Å². The minimum absolute atomic E-state index is 0.125. The van der Waals surface area contributed by atoms with Crippen LogP contribution in [0.15, 0.2) is 97.1 Å². The van der Waals surface area contributed by atoms with Gasteiger partial charge in [0.05, 0.1) is 33.0 Å². The summed E-state index contributed by atoms with van der Waals surface area (Å²) >= 11 is 5.79. The number of ether oxygens (including phenoxy) is 1. The molecule has 1 atom stereocenters. The summed E-state index contributed by atoms with van der Waals surface area (Å²) in [5.74, 6) is -1.82. The first kappa shape index (κ1) is 26.0. The van der Waals surface area contributed by atoms with Crippen molar-refractivity contribution in [1.82, 2.24) is 9.97 Å². The van der Waals surface area contributed by atoms with E-state index in [1.807, 2.05) is 60.7 Å². The van der Waals surface area contributed by atoms with Gasteiger partial charge in [0.1, 0.15) is 5.82 Å². The molecule has 0 aliphatic carbocycles. The Bertz CT molecular complexity index is 1660. The zero-order chi connectivity index (χ0) is 27.4. The van der Waals surface area contributed by atoms with Gasteiger partial charge in [-0.05, 0) is 42.8 Å². The maximum absolute atomic E-state index is 13.4. The summed E-state index contributed by atoms with van der Waals surface area (Å²) in [6.07, 6.45) is -0.832. The Balaban J connectivity index is 1.43. The fourth-order valence-electron chi connectivity index (χ4n) is 4.09. The number of hydrogen-bond acceptors (Lipinski definition) is 5. The molecule has 1 heterocycles. The molecule has 4 aromatic carbocycles. The molecule has 0 fully saturated rings. The molecule has 8 heteroatoms. The van der Waals surface area contributed by atoms with E-state index in [0.717, 1.165) is 22.9 Å². The Morgan fingerprint density at radius 2 is 1.46 bits per heavy atom. The summed E-state index contributed by atoms with van der Waals surface area (Å²) in [7, 11) is 0. The molecular formula is C31H23ClFN3O3. The van der Waals surface area contributed by atoms with E-state index in [9.17, 15) is 14.0 Å². The smallest absolute Gasteiger partial charge is 0.338 e. The highest BCUT2D eigenvalue weighted by Crippen LogP contribution is 2.31. The van der Waals surface area contributed by atoms with Crippen LogP contribution in [0.5, 0.6) is 0 Å². The number of carbonyl (C=O) groups excluding carboxylic acids is 2. The number of benzene rings is 4. The van der Waals surface area contributed by atoms with Crippen molar-refractivity contribution in [1.29, 1.82) is 0 Å². The van der Waals surface area contributed by atoms with Gasteiger partial charge in [-0.1, -0.05) is 79.2 Å². The summed E-state index contributed by atoms with van der Waals surface area (Å²) in [6, 6.07) is 28.2. The molecule has 1 amide bonds. The van der Waals surface area contributed by atoms with Gasteiger partial charge in [-0.25, -0.2) is 19.2 Å². The number of halogens is 2. The topological polar surface area (TPSA) is 81.2 Å². The van der Waals surface area contributed by atoms with E-state index in [1.54, 1.807) is 25.1 Å². The first-order valence-corrected chi connectivity index (χ1v) is 12.7. The Morgan fingerprint density at radius 3 is 2.05 bits per heavy atom. The molecule has 0 spiro atoms. The molecule has 5 aromatic rings. The van der Waals surface area contributed by atoms with Crippen LogP contribution in [0, 0.1) is 5.82 Å². The number of rotatable bonds is 7. The van der Waals surface area contributed by atoms with Crippen molar-refractivity contribution in [3.63, 3.8) is 0 Å². The third-order valence-electron chi connectivity index (χ3n) is 6.09. The third kappa shape index (κ3) is 5.78. The molecule has 0 aliphatic rings. The molecular weight excluding hydrogens is 517 g/mol. The number of amides is 1. The van der Waals surface area contributed by atoms with Gasteiger partial charge >= 0.3 is 5.97 Å². The van der Waals surface area contributed by atoms with Crippen molar-refractivity contribution in [2.45, 2.75) is 19.4 Å². The average molecular weight is 540 g/mol. The molecule has 0 saturated carbocycles. The van der Waals surface area contributed by atoms with Gasteiger partial charge in [0, 0.05) is 16.8 Å². The lowest BCUT2D eigenvalue weighted by Crippen LogP contribution is -2.32. The molecule has 39 heavy (non-hydrogen) atoms. The average Bonchev–Trinajstić information content (AvgIpc) is 2.97. The highest BCUT2D eigenvalue weighted by atomic mass is 35.5. The zero-order valence-corrected chi connectivity index (χ0v) is 21.7. The molecule has 0 radical (unpaired) electrons. The number of nitrogens with one attached hydrogen (secondary N) is 1. The number of hydrogen-bond donors (Lipinski definition) is 1. The molecule has 0 aliphatic heterocycles. The fourth-order valence-corrected chi connectivity index (χ4v) is 4.27. The molecule has 0 saturated heterocycles. The monoisotopic (exact) mass is 539 g/mol. The van der Waals surface area contributed by atoms with E-state index in [4.69, 9.17) is 26.3 Å². The minimum Gasteiger partial charge on any atom is -0.449 e. The standard InChI is InChI=1S/C31H23ClFN3O3/c1-2-27(30(37)34-22-14-15-24(33)23(32)18-22)39-31(38)21-13-16-25-26(17-21)36-29(20-11-7-4-8-12-20)28(35-25)19-9-5-3-6-10-19/h3-18,27H,2H2,1H3,(H,34,37). The second-order valence-corrected chi connectivity index (χ2v) is 9.18. The van der Waals surface area contributed by atoms with Crippen LogP contribution >= 0.6 is 11.6 Å². The third-order valence-corrected chi connectivity index (χ3v) is 6.38. The van der Waals surface area contributed by atoms with Gasteiger partial charge < -0.3 is 10.1 Å². The van der Waals surface area contributed by atoms with Crippen molar-refractivity contribution >= 4 is 40.2 Å². The molecule has 194 valence electrons. The normalized spacial score (nSPS) is 11.7. The Hall–Kier alpha value is -4.62. The lowest BCUT2D eigenvalue weighted by molar-refractivity contribution is -0.124. The predicted molar refractivity (Wildman–Crippen MR) is 150 cm³/mol. The molecule has 5 rings (SSSR count). The van der Waals surface area contributed by atoms with E-state index in [0.29, 0.717) is 22.4 Å². The summed E-state index contributed by atoms with van der Waals surface area (Å²) < 4.78 is 19.0. The van der Waals surface area contributed by atoms with Crippen LogP contribution < -0.4 is 5.32 Å². The van der Waals surface area contributed by atoms with Crippen molar-refractivity contribution in [3.8, 4) is 22.5 Å². The minimum atomic E-state index is -1.07. The summed E-state index contributed by atoms with van der Waals surface area (Å²) in [6.45, 7) is 1.72. The summed E-state index contributed by atoms with van der Waals surface area (Å²) in [5, 5.41) is 2.48. The highest BCUT2D eigenvalue weighted by Gasteiger charge is 2.23. The molecule has 1 N–H and O–H groups in total. The Morgan fingerprint density at radius 1 is 0.846 bits per heavy atom. The van der Waals surface area contributed by atoms with Gasteiger partial charge in [-0.15, -0.1) is 0 Å². The van der Waals surface area contributed by atoms with E-state index < -0.39 is 23.8 Å². The van der Waals surface area contributed by atoms with Crippen molar-refractivity contribution in [2.75, 3.05) is 5.32 Å². The molecule has 6 nitrogen and oxygen atoms in total. The van der Waals surface area contributed by atoms with Gasteiger partial charge in [0.25, 0.3) is 5.91 Å². The zero-order valence-electron chi connectivity index (χ0n) is 20.9. The van der Waals surface area contributed by atoms with Crippen LogP contribution in [0.3, 0.4) is 0 Å². The largest absolute Gasteiger partial charge is 0.449 e. The lowest BCUT2D eigenvalue weighted by Gasteiger charge is -2.16. The SMILES string of the molecule is CCC(OC(=O)c1ccc2nc(-c3ccccc3)c(-c3ccccc3)nc2c1)C(=O)Nc1ccc(F)c(Cl)c1. The Labute approximate surface area is 229 Å². The lowest BCUT2D eigenvalue weighted by atomic mass is 10.0. The van der Waals surface area contributed by atoms with Crippen LogP contribution in [0.2, 0.25) is 5.02 Å². The molecule has 0 bridgehead atoms. The van der Waals surface area contributed by atoms with Gasteiger partial charge in [-0.3, -0.25) is 4.79 Å². The predicted octanol–water partition coefficient (Wildman–Crippen LogP) is 7.33. The van der Waals surface area contributed by atoms with E-state index in [1.165, 1.54) is 12.1 Å². The quantitative estimate of drug-likeness (QED) is 0.219. The number of anilines is 1. The van der Waals surface area contributed by atoms with E-state index >= 15 is 0 Å². The first-order valence-electron chi connectivity index (χ1n) is 12.3. The molecule has 1 aromatic heterocycles. The maximum Gasteiger partial charge on any atom is 0.338 e. The van der Waals surface area contributed by atoms with E-state index in [-0.39, 0.29) is 17.0 Å². The number of aromatic nitrogens is 2. The van der Waals surface area contributed by atoms with Gasteiger partial charge in [-0.2, -0.15) is 0 Å². The van der Waals surface area contributed by atoms with Crippen molar-refractivity contribution in [3.05, 3.63) is 113 Å². The van der Waals surface area contributed by atoms with Gasteiger partial charge in [0.15, 0.2) is 6.10 Å². The van der Waals surface area contributed by atoms with Crippen molar-refractivity contribution in [2.24, 2.45) is 0 Å². The second-order valence-electron chi connectivity index (χ2n) is 8.78. The van der Waals surface area contributed by atoms with Crippen LogP contribution in [0.4, 0.5) is 10.1 Å². The van der Waals surface area contributed by atoms with E-state index in [2.05, 4.69) is 5.32 Å². The summed E-state index contributed by atoms with van der Waals surface area (Å²) in [4.78, 5) is 35.5. The first-order chi connectivity index (χ1) is 18.9. The number of esters is 1. The number of nitrogens with zero attached hydrogens (tertiary/aromatic N) is 2. The number of carbonyl (C=O) groups is 2. The molecule has 1 unspecified atom stereocenters. The maximum atomic E-state index is 13.4. The van der Waals surface area contributed by atoms with Gasteiger partial charge in [0.2, 0.25) is 0 Å². The van der Waals surface area contributed by atoms with Crippen LogP contribution in [0.25, 0.3) is 33.5 Å².